The maximum absolute atomic E-state index is 12.0. The smallest absolute Gasteiger partial charge is 0.319 e. The van der Waals surface area contributed by atoms with Gasteiger partial charge in [0.15, 0.2) is 0 Å². The Morgan fingerprint density at radius 2 is 2.24 bits per heavy atom. The number of nitrogens with one attached hydrogen (secondary N) is 2. The predicted octanol–water partition coefficient (Wildman–Crippen LogP) is 4.16. The lowest BCUT2D eigenvalue weighted by molar-refractivity contribution is -0.0447. The Labute approximate surface area is 152 Å². The minimum Gasteiger partial charge on any atom is -0.376 e. The van der Waals surface area contributed by atoms with E-state index in [1.54, 1.807) is 11.3 Å². The largest absolute Gasteiger partial charge is 0.376 e. The van der Waals surface area contributed by atoms with Gasteiger partial charge in [-0.1, -0.05) is 12.1 Å². The Kier molecular flexibility index (Phi) is 6.85. The van der Waals surface area contributed by atoms with Gasteiger partial charge < -0.3 is 20.1 Å². The molecular formula is C19H24N2O3S. The fourth-order valence-electron chi connectivity index (χ4n) is 2.74. The van der Waals surface area contributed by atoms with Crippen molar-refractivity contribution in [2.24, 2.45) is 0 Å². The van der Waals surface area contributed by atoms with Crippen LogP contribution in [0, 0.1) is 0 Å². The zero-order valence-corrected chi connectivity index (χ0v) is 15.0. The molecule has 1 unspecified atom stereocenters. The van der Waals surface area contributed by atoms with Crippen molar-refractivity contribution in [1.29, 1.82) is 0 Å². The molecule has 1 saturated heterocycles. The van der Waals surface area contributed by atoms with E-state index in [1.807, 2.05) is 41.1 Å². The van der Waals surface area contributed by atoms with E-state index in [0.717, 1.165) is 36.3 Å². The van der Waals surface area contributed by atoms with E-state index in [2.05, 4.69) is 10.6 Å². The maximum atomic E-state index is 12.0. The Bertz CT molecular complexity index is 654. The maximum Gasteiger partial charge on any atom is 0.319 e. The van der Waals surface area contributed by atoms with Gasteiger partial charge in [-0.05, 0) is 59.3 Å². The van der Waals surface area contributed by atoms with Crippen molar-refractivity contribution >= 4 is 23.1 Å². The molecule has 0 bridgehead atoms. The first kappa shape index (κ1) is 17.9. The summed E-state index contributed by atoms with van der Waals surface area (Å²) in [6.45, 7) is 2.51. The fraction of sp³-hybridized carbons (Fsp3) is 0.421. The van der Waals surface area contributed by atoms with E-state index in [4.69, 9.17) is 9.47 Å². The third-order valence-corrected chi connectivity index (χ3v) is 4.80. The number of hydrogen-bond acceptors (Lipinski definition) is 4. The van der Waals surface area contributed by atoms with Crippen LogP contribution in [-0.4, -0.2) is 25.3 Å². The van der Waals surface area contributed by atoms with Crippen molar-refractivity contribution in [3.8, 4) is 0 Å². The van der Waals surface area contributed by atoms with Crippen LogP contribution < -0.4 is 10.6 Å². The van der Waals surface area contributed by atoms with Gasteiger partial charge in [0.2, 0.25) is 0 Å². The van der Waals surface area contributed by atoms with Crippen LogP contribution >= 0.6 is 11.3 Å². The Morgan fingerprint density at radius 3 is 3.04 bits per heavy atom. The zero-order chi connectivity index (χ0) is 17.3. The lowest BCUT2D eigenvalue weighted by atomic mass is 10.1. The quantitative estimate of drug-likeness (QED) is 0.780. The minimum absolute atomic E-state index is 0.208. The van der Waals surface area contributed by atoms with Crippen molar-refractivity contribution in [3.63, 3.8) is 0 Å². The number of carbonyl (C=O) groups is 1. The Balaban J connectivity index is 1.41. The highest BCUT2D eigenvalue weighted by molar-refractivity contribution is 7.07. The molecule has 1 aliphatic heterocycles. The summed E-state index contributed by atoms with van der Waals surface area (Å²) in [6, 6.07) is 9.52. The highest BCUT2D eigenvalue weighted by Crippen LogP contribution is 2.15. The molecule has 0 saturated carbocycles. The number of amides is 2. The predicted molar refractivity (Wildman–Crippen MR) is 99.9 cm³/mol. The molecule has 1 atom stereocenters. The van der Waals surface area contributed by atoms with Crippen LogP contribution in [0.25, 0.3) is 0 Å². The number of rotatable bonds is 7. The summed E-state index contributed by atoms with van der Waals surface area (Å²) in [5.74, 6) is 0. The van der Waals surface area contributed by atoms with Crippen molar-refractivity contribution in [2.75, 3.05) is 18.5 Å². The van der Waals surface area contributed by atoms with E-state index in [1.165, 1.54) is 6.42 Å². The molecule has 2 heterocycles. The van der Waals surface area contributed by atoms with Crippen LogP contribution in [0.1, 0.15) is 30.4 Å². The van der Waals surface area contributed by atoms with Crippen molar-refractivity contribution in [2.45, 2.75) is 38.5 Å². The highest BCUT2D eigenvalue weighted by Gasteiger charge is 2.13. The standard InChI is InChI=1S/C19H24N2O3S/c22-19(20-11-16-7-9-25-14-16)21-17-5-3-4-15(10-17)12-23-13-18-6-1-2-8-24-18/h3-5,7,9-10,14,18H,1-2,6,8,11-13H2,(H2,20,21,22). The average molecular weight is 360 g/mol. The molecule has 2 N–H and O–H groups in total. The number of hydrogen-bond donors (Lipinski definition) is 2. The molecule has 6 heteroatoms. The third kappa shape index (κ3) is 6.16. The van der Waals surface area contributed by atoms with Gasteiger partial charge in [-0.3, -0.25) is 0 Å². The molecule has 0 spiro atoms. The van der Waals surface area contributed by atoms with Crippen LogP contribution in [-0.2, 0) is 22.6 Å². The molecule has 1 fully saturated rings. The van der Waals surface area contributed by atoms with Gasteiger partial charge in [0.25, 0.3) is 0 Å². The second-order valence-corrected chi connectivity index (χ2v) is 6.92. The third-order valence-electron chi connectivity index (χ3n) is 4.06. The van der Waals surface area contributed by atoms with Gasteiger partial charge in [0.1, 0.15) is 0 Å². The van der Waals surface area contributed by atoms with Crippen molar-refractivity contribution in [1.82, 2.24) is 5.32 Å². The van der Waals surface area contributed by atoms with Gasteiger partial charge in [0.05, 0.1) is 19.3 Å². The first-order valence-electron chi connectivity index (χ1n) is 8.64. The van der Waals surface area contributed by atoms with E-state index < -0.39 is 0 Å². The van der Waals surface area contributed by atoms with Crippen LogP contribution in [0.15, 0.2) is 41.1 Å². The highest BCUT2D eigenvalue weighted by atomic mass is 32.1. The van der Waals surface area contributed by atoms with Gasteiger partial charge in [-0.25, -0.2) is 4.79 Å². The average Bonchev–Trinajstić information content (AvgIpc) is 3.15. The van der Waals surface area contributed by atoms with Crippen LogP contribution in [0.5, 0.6) is 0 Å². The summed E-state index contributed by atoms with van der Waals surface area (Å²) in [7, 11) is 0. The lowest BCUT2D eigenvalue weighted by Crippen LogP contribution is -2.28. The second kappa shape index (κ2) is 9.56. The number of benzene rings is 1. The first-order chi connectivity index (χ1) is 12.3. The van der Waals surface area contributed by atoms with Crippen LogP contribution in [0.3, 0.4) is 0 Å². The van der Waals surface area contributed by atoms with Crippen molar-refractivity contribution < 1.29 is 14.3 Å². The Hall–Kier alpha value is -1.89. The molecular weight excluding hydrogens is 336 g/mol. The fourth-order valence-corrected chi connectivity index (χ4v) is 3.41. The number of ether oxygens (including phenoxy) is 2. The van der Waals surface area contributed by atoms with E-state index in [9.17, 15) is 4.79 Å². The second-order valence-electron chi connectivity index (χ2n) is 6.14. The molecule has 3 rings (SSSR count). The van der Waals surface area contributed by atoms with Crippen LogP contribution in [0.4, 0.5) is 10.5 Å². The number of thiophene rings is 1. The minimum atomic E-state index is -0.208. The molecule has 5 nitrogen and oxygen atoms in total. The first-order valence-corrected chi connectivity index (χ1v) is 9.58. The van der Waals surface area contributed by atoms with Gasteiger partial charge in [-0.15, -0.1) is 0 Å². The van der Waals surface area contributed by atoms with E-state index >= 15 is 0 Å². The zero-order valence-electron chi connectivity index (χ0n) is 14.2. The molecule has 2 amide bonds. The van der Waals surface area contributed by atoms with Crippen LogP contribution in [0.2, 0.25) is 0 Å². The summed E-state index contributed by atoms with van der Waals surface area (Å²) >= 11 is 1.62. The molecule has 1 aromatic heterocycles. The molecule has 134 valence electrons. The van der Waals surface area contributed by atoms with E-state index in [0.29, 0.717) is 19.8 Å². The summed E-state index contributed by atoms with van der Waals surface area (Å²) in [5, 5.41) is 9.72. The normalized spacial score (nSPS) is 17.2. The number of urea groups is 1. The van der Waals surface area contributed by atoms with Gasteiger partial charge >= 0.3 is 6.03 Å². The monoisotopic (exact) mass is 360 g/mol. The number of carbonyl (C=O) groups excluding carboxylic acids is 1. The summed E-state index contributed by atoms with van der Waals surface area (Å²) in [4.78, 5) is 12.0. The topological polar surface area (TPSA) is 59.6 Å². The molecule has 0 aliphatic carbocycles. The molecule has 1 aliphatic rings. The van der Waals surface area contributed by atoms with Gasteiger partial charge in [-0.2, -0.15) is 11.3 Å². The summed E-state index contributed by atoms with van der Waals surface area (Å²) in [6.07, 6.45) is 3.66. The van der Waals surface area contributed by atoms with Gasteiger partial charge in [0, 0.05) is 18.8 Å². The SMILES string of the molecule is O=C(NCc1ccsc1)Nc1cccc(COCC2CCCCO2)c1. The molecule has 1 aromatic carbocycles. The summed E-state index contributed by atoms with van der Waals surface area (Å²) < 4.78 is 11.4. The number of anilines is 1. The Morgan fingerprint density at radius 1 is 1.28 bits per heavy atom. The molecule has 2 aromatic rings. The molecule has 25 heavy (non-hydrogen) atoms. The summed E-state index contributed by atoms with van der Waals surface area (Å²) in [5.41, 5.74) is 2.90. The van der Waals surface area contributed by atoms with E-state index in [-0.39, 0.29) is 12.1 Å². The van der Waals surface area contributed by atoms with Crippen molar-refractivity contribution in [3.05, 3.63) is 52.2 Å². The lowest BCUT2D eigenvalue weighted by Gasteiger charge is -2.22. The molecule has 0 radical (unpaired) electrons.